The average molecular weight is 313 g/mol. The third kappa shape index (κ3) is 3.80. The summed E-state index contributed by atoms with van der Waals surface area (Å²) in [5.74, 6) is -0.310. The first kappa shape index (κ1) is 15.0. The molecule has 8 heteroatoms. The van der Waals surface area contributed by atoms with E-state index in [1.807, 2.05) is 10.6 Å². The number of carboxylic acids is 1. The van der Waals surface area contributed by atoms with Crippen LogP contribution in [0.15, 0.2) is 23.5 Å². The third-order valence-electron chi connectivity index (χ3n) is 2.61. The van der Waals surface area contributed by atoms with Gasteiger partial charge in [0.15, 0.2) is 10.8 Å². The number of hydrogen-bond acceptors (Lipinski definition) is 5. The molecule has 20 heavy (non-hydrogen) atoms. The van der Waals surface area contributed by atoms with Crippen LogP contribution in [0.4, 0.5) is 0 Å². The van der Waals surface area contributed by atoms with Crippen LogP contribution in [-0.2, 0) is 22.1 Å². The van der Waals surface area contributed by atoms with Crippen molar-refractivity contribution in [1.82, 2.24) is 14.5 Å². The number of aromatic nitrogens is 3. The lowest BCUT2D eigenvalue weighted by atomic mass is 10.4. The van der Waals surface area contributed by atoms with Crippen LogP contribution in [0.1, 0.15) is 6.42 Å². The summed E-state index contributed by atoms with van der Waals surface area (Å²) in [4.78, 5) is 19.4. The fraction of sp³-hybridized carbons (Fsp3) is 0.417. The molecular formula is C12H15N3O3S2. The summed E-state index contributed by atoms with van der Waals surface area (Å²) < 4.78 is 13.0. The molecule has 0 aromatic carbocycles. The van der Waals surface area contributed by atoms with Gasteiger partial charge in [-0.2, -0.15) is 0 Å². The van der Waals surface area contributed by atoms with Crippen molar-refractivity contribution in [2.75, 3.05) is 17.8 Å². The molecule has 108 valence electrons. The predicted octanol–water partition coefficient (Wildman–Crippen LogP) is 1.38. The molecule has 0 saturated carbocycles. The Bertz CT molecular complexity index is 642. The van der Waals surface area contributed by atoms with Gasteiger partial charge in [-0.05, 0) is 18.6 Å². The maximum atomic E-state index is 11.1. The van der Waals surface area contributed by atoms with Gasteiger partial charge in [-0.25, -0.2) is 9.97 Å². The Morgan fingerprint density at radius 3 is 3.05 bits per heavy atom. The van der Waals surface area contributed by atoms with Crippen LogP contribution in [0.2, 0.25) is 0 Å². The first-order valence-corrected chi connectivity index (χ1v) is 8.75. The van der Waals surface area contributed by atoms with E-state index in [1.165, 1.54) is 11.8 Å². The van der Waals surface area contributed by atoms with E-state index in [0.29, 0.717) is 17.5 Å². The number of hydrogen-bond donors (Lipinski definition) is 1. The van der Waals surface area contributed by atoms with E-state index in [9.17, 15) is 9.00 Å². The summed E-state index contributed by atoms with van der Waals surface area (Å²) in [7, 11) is -0.834. The highest BCUT2D eigenvalue weighted by Crippen LogP contribution is 2.23. The standard InChI is InChI=1S/C12H15N3O3S2/c1-20(18)7-3-6-15-11-9(4-2-5-13-11)14-12(15)19-8-10(16)17/h2,4-5H,3,6-8H2,1H3,(H,16,17). The second kappa shape index (κ2) is 6.85. The first-order chi connectivity index (χ1) is 9.58. The molecule has 0 amide bonds. The fourth-order valence-corrected chi connectivity index (χ4v) is 3.09. The number of aliphatic carboxylic acids is 1. The van der Waals surface area contributed by atoms with Crippen LogP contribution >= 0.6 is 11.8 Å². The van der Waals surface area contributed by atoms with E-state index in [4.69, 9.17) is 5.11 Å². The van der Waals surface area contributed by atoms with Gasteiger partial charge in [-0.1, -0.05) is 11.8 Å². The van der Waals surface area contributed by atoms with Crippen LogP contribution in [0.25, 0.3) is 11.2 Å². The number of thioether (sulfide) groups is 1. The molecule has 0 aliphatic heterocycles. The van der Waals surface area contributed by atoms with E-state index in [2.05, 4.69) is 9.97 Å². The van der Waals surface area contributed by atoms with Crippen molar-refractivity contribution in [2.45, 2.75) is 18.1 Å². The lowest BCUT2D eigenvalue weighted by molar-refractivity contribution is -0.133. The number of carbonyl (C=O) groups is 1. The largest absolute Gasteiger partial charge is 0.481 e. The molecule has 0 radical (unpaired) electrons. The minimum atomic E-state index is -0.878. The average Bonchev–Trinajstić information content (AvgIpc) is 2.74. The second-order valence-electron chi connectivity index (χ2n) is 4.21. The summed E-state index contributed by atoms with van der Waals surface area (Å²) in [6.45, 7) is 0.634. The van der Waals surface area contributed by atoms with Gasteiger partial charge >= 0.3 is 5.97 Å². The van der Waals surface area contributed by atoms with Crippen LogP contribution in [0.3, 0.4) is 0 Å². The minimum Gasteiger partial charge on any atom is -0.481 e. The number of pyridine rings is 1. The molecule has 2 heterocycles. The van der Waals surface area contributed by atoms with E-state index < -0.39 is 16.8 Å². The molecule has 0 fully saturated rings. The van der Waals surface area contributed by atoms with Crippen molar-refractivity contribution >= 4 is 39.7 Å². The number of imidazole rings is 1. The normalized spacial score (nSPS) is 12.7. The monoisotopic (exact) mass is 313 g/mol. The zero-order valence-electron chi connectivity index (χ0n) is 11.0. The zero-order chi connectivity index (χ0) is 14.5. The predicted molar refractivity (Wildman–Crippen MR) is 79.4 cm³/mol. The number of rotatable bonds is 7. The minimum absolute atomic E-state index is 0.0387. The van der Waals surface area contributed by atoms with Gasteiger partial charge in [0.05, 0.1) is 5.75 Å². The van der Waals surface area contributed by atoms with Crippen LogP contribution in [0, 0.1) is 0 Å². The SMILES string of the molecule is CS(=O)CCCn1c(SCC(=O)O)nc2cccnc21. The Labute approximate surface area is 123 Å². The maximum Gasteiger partial charge on any atom is 0.313 e. The molecule has 1 N–H and O–H groups in total. The molecule has 2 aromatic heterocycles. The number of carboxylic acid groups (broad SMARTS) is 1. The van der Waals surface area contributed by atoms with Crippen molar-refractivity contribution in [3.63, 3.8) is 0 Å². The lowest BCUT2D eigenvalue weighted by Crippen LogP contribution is -2.06. The molecule has 1 unspecified atom stereocenters. The van der Waals surface area contributed by atoms with Crippen LogP contribution in [-0.4, -0.2) is 47.6 Å². The van der Waals surface area contributed by atoms with E-state index in [-0.39, 0.29) is 5.75 Å². The Balaban J connectivity index is 2.24. The highest BCUT2D eigenvalue weighted by atomic mass is 32.2. The first-order valence-electron chi connectivity index (χ1n) is 6.04. The van der Waals surface area contributed by atoms with Crippen molar-refractivity contribution in [2.24, 2.45) is 0 Å². The maximum absolute atomic E-state index is 11.1. The van der Waals surface area contributed by atoms with Gasteiger partial charge in [0.25, 0.3) is 0 Å². The summed E-state index contributed by atoms with van der Waals surface area (Å²) in [5, 5.41) is 9.42. The Hall–Kier alpha value is -1.41. The molecule has 0 aliphatic carbocycles. The van der Waals surface area contributed by atoms with E-state index in [0.717, 1.165) is 17.6 Å². The molecule has 2 rings (SSSR count). The zero-order valence-corrected chi connectivity index (χ0v) is 12.6. The Morgan fingerprint density at radius 2 is 2.35 bits per heavy atom. The van der Waals surface area contributed by atoms with E-state index >= 15 is 0 Å². The summed E-state index contributed by atoms with van der Waals surface area (Å²) in [6, 6.07) is 3.65. The van der Waals surface area contributed by atoms with Gasteiger partial charge in [0, 0.05) is 35.5 Å². The van der Waals surface area contributed by atoms with Crippen molar-refractivity contribution < 1.29 is 14.1 Å². The number of fused-ring (bicyclic) bond motifs is 1. The molecule has 2 aromatic rings. The van der Waals surface area contributed by atoms with Gasteiger partial charge in [0.2, 0.25) is 0 Å². The summed E-state index contributed by atoms with van der Waals surface area (Å²) >= 11 is 1.18. The summed E-state index contributed by atoms with van der Waals surface area (Å²) in [5.41, 5.74) is 1.49. The highest BCUT2D eigenvalue weighted by molar-refractivity contribution is 7.99. The van der Waals surface area contributed by atoms with Gasteiger partial charge in [0.1, 0.15) is 5.52 Å². The van der Waals surface area contributed by atoms with Crippen LogP contribution in [0.5, 0.6) is 0 Å². The molecule has 6 nitrogen and oxygen atoms in total. The molecule has 0 spiro atoms. The Kier molecular flexibility index (Phi) is 5.13. The van der Waals surface area contributed by atoms with Gasteiger partial charge in [-0.3, -0.25) is 9.00 Å². The van der Waals surface area contributed by atoms with Gasteiger partial charge in [-0.15, -0.1) is 0 Å². The fourth-order valence-electron chi connectivity index (χ4n) is 1.80. The molecule has 0 bridgehead atoms. The van der Waals surface area contributed by atoms with Crippen molar-refractivity contribution in [3.05, 3.63) is 18.3 Å². The number of aryl methyl sites for hydroxylation is 1. The van der Waals surface area contributed by atoms with E-state index in [1.54, 1.807) is 18.5 Å². The number of nitrogens with zero attached hydrogens (tertiary/aromatic N) is 3. The molecule has 1 atom stereocenters. The summed E-state index contributed by atoms with van der Waals surface area (Å²) in [6.07, 6.45) is 4.10. The third-order valence-corrected chi connectivity index (χ3v) is 4.43. The Morgan fingerprint density at radius 1 is 1.55 bits per heavy atom. The smallest absolute Gasteiger partial charge is 0.313 e. The van der Waals surface area contributed by atoms with Gasteiger partial charge < -0.3 is 9.67 Å². The lowest BCUT2D eigenvalue weighted by Gasteiger charge is -2.06. The molecular weight excluding hydrogens is 298 g/mol. The molecule has 0 aliphatic rings. The quantitative estimate of drug-likeness (QED) is 0.777. The second-order valence-corrected chi connectivity index (χ2v) is 6.70. The van der Waals surface area contributed by atoms with Crippen molar-refractivity contribution in [1.29, 1.82) is 0 Å². The van der Waals surface area contributed by atoms with Crippen molar-refractivity contribution in [3.8, 4) is 0 Å². The highest BCUT2D eigenvalue weighted by Gasteiger charge is 2.13. The van der Waals surface area contributed by atoms with Crippen LogP contribution < -0.4 is 0 Å². The topological polar surface area (TPSA) is 85.1 Å². The molecule has 0 saturated heterocycles.